The van der Waals surface area contributed by atoms with Gasteiger partial charge in [-0.05, 0) is 36.0 Å². The summed E-state index contributed by atoms with van der Waals surface area (Å²) in [6, 6.07) is 21.0. The molecule has 0 N–H and O–H groups in total. The van der Waals surface area contributed by atoms with E-state index in [1.807, 2.05) is 12.1 Å². The molecule has 0 spiro atoms. The number of nitrogens with zero attached hydrogens (tertiary/aromatic N) is 1. The van der Waals surface area contributed by atoms with Gasteiger partial charge in [0, 0.05) is 24.4 Å². The van der Waals surface area contributed by atoms with Crippen molar-refractivity contribution in [2.45, 2.75) is 38.1 Å². The van der Waals surface area contributed by atoms with E-state index in [1.54, 1.807) is 0 Å². The van der Waals surface area contributed by atoms with E-state index in [1.165, 1.54) is 22.3 Å². The lowest BCUT2D eigenvalue weighted by molar-refractivity contribution is -0.123. The molecule has 1 aliphatic rings. The van der Waals surface area contributed by atoms with Crippen molar-refractivity contribution in [1.29, 1.82) is 0 Å². The Bertz CT molecular complexity index is 848. The molecule has 1 atom stereocenters. The molecule has 1 saturated carbocycles. The fourth-order valence-corrected chi connectivity index (χ4v) is 3.81. The highest BCUT2D eigenvalue weighted by Crippen LogP contribution is 2.32. The highest BCUT2D eigenvalue weighted by Gasteiger charge is 2.24. The number of carbonyl (C=O) groups excluding carboxylic acids is 1. The van der Waals surface area contributed by atoms with Crippen molar-refractivity contribution in [2.24, 2.45) is 0 Å². The van der Waals surface area contributed by atoms with Gasteiger partial charge in [0.1, 0.15) is 0 Å². The Hall–Kier alpha value is -2.61. The average Bonchev–Trinajstić information content (AvgIpc) is 3.07. The Kier molecular flexibility index (Phi) is 4.51. The molecule has 126 valence electrons. The normalized spacial score (nSPS) is 17.6. The predicted octanol–water partition coefficient (Wildman–Crippen LogP) is 5.43. The Balaban J connectivity index is 1.74. The van der Waals surface area contributed by atoms with E-state index in [9.17, 15) is 4.79 Å². The topological polar surface area (TPSA) is 22.0 Å². The van der Waals surface area contributed by atoms with Crippen molar-refractivity contribution >= 4 is 5.78 Å². The van der Waals surface area contributed by atoms with E-state index < -0.39 is 0 Å². The summed E-state index contributed by atoms with van der Waals surface area (Å²) in [6.07, 6.45) is 9.13. The van der Waals surface area contributed by atoms with Crippen LogP contribution in [0, 0.1) is 0 Å². The first-order valence-corrected chi connectivity index (χ1v) is 9.14. The maximum atomic E-state index is 12.4. The molecule has 0 aliphatic heterocycles. The number of rotatable bonds is 4. The van der Waals surface area contributed by atoms with Gasteiger partial charge in [-0.3, -0.25) is 4.79 Å². The van der Waals surface area contributed by atoms with E-state index in [0.717, 1.165) is 32.1 Å². The van der Waals surface area contributed by atoms with E-state index in [0.29, 0.717) is 5.78 Å². The molecule has 1 unspecified atom stereocenters. The largest absolute Gasteiger partial charge is 0.343 e. The molecule has 1 heterocycles. The van der Waals surface area contributed by atoms with Crippen LogP contribution in [0.1, 0.15) is 42.9 Å². The third-order valence-electron chi connectivity index (χ3n) is 5.13. The smallest absolute Gasteiger partial charge is 0.155 e. The highest BCUT2D eigenvalue weighted by molar-refractivity contribution is 5.83. The van der Waals surface area contributed by atoms with Gasteiger partial charge < -0.3 is 4.57 Å². The van der Waals surface area contributed by atoms with Crippen LogP contribution in [0.15, 0.2) is 73.1 Å². The third-order valence-corrected chi connectivity index (χ3v) is 5.13. The van der Waals surface area contributed by atoms with Gasteiger partial charge in [0.05, 0.1) is 6.04 Å². The molecule has 4 rings (SSSR count). The molecule has 2 aromatic carbocycles. The number of hydrogen-bond donors (Lipinski definition) is 0. The summed E-state index contributed by atoms with van der Waals surface area (Å²) in [6.45, 7) is 0. The number of carbonyl (C=O) groups is 1. The number of aromatic nitrogens is 1. The minimum absolute atomic E-state index is 0.0146. The van der Waals surface area contributed by atoms with Crippen molar-refractivity contribution in [2.75, 3.05) is 0 Å². The van der Waals surface area contributed by atoms with Crippen LogP contribution in [0.2, 0.25) is 0 Å². The van der Waals surface area contributed by atoms with Crippen LogP contribution in [-0.2, 0) is 11.2 Å². The number of benzene rings is 2. The summed E-state index contributed by atoms with van der Waals surface area (Å²) >= 11 is 0. The molecule has 0 saturated heterocycles. The van der Waals surface area contributed by atoms with Gasteiger partial charge in [-0.2, -0.15) is 0 Å². The van der Waals surface area contributed by atoms with Gasteiger partial charge >= 0.3 is 0 Å². The maximum absolute atomic E-state index is 12.4. The molecule has 0 bridgehead atoms. The maximum Gasteiger partial charge on any atom is 0.155 e. The zero-order valence-corrected chi connectivity index (χ0v) is 14.4. The van der Waals surface area contributed by atoms with Crippen molar-refractivity contribution in [3.8, 4) is 11.1 Å². The fourth-order valence-electron chi connectivity index (χ4n) is 3.81. The average molecular weight is 329 g/mol. The molecule has 0 amide bonds. The molecule has 3 aromatic rings. The minimum atomic E-state index is 0.0146. The zero-order valence-electron chi connectivity index (χ0n) is 14.4. The summed E-state index contributed by atoms with van der Waals surface area (Å²) < 4.78 is 2.17. The standard InChI is InChI=1S/C23H23NO/c25-23-14-8-7-13-22(23)24-16-20(15-18-9-3-1-4-10-18)21(17-24)19-11-5-2-6-12-19/h1-6,9-12,16-17,22H,7-8,13-15H2. The molecule has 1 aliphatic carbocycles. The Morgan fingerprint density at radius 2 is 1.60 bits per heavy atom. The highest BCUT2D eigenvalue weighted by atomic mass is 16.1. The Labute approximate surface area is 149 Å². The van der Waals surface area contributed by atoms with E-state index in [2.05, 4.69) is 65.5 Å². The second-order valence-electron chi connectivity index (χ2n) is 6.90. The zero-order chi connectivity index (χ0) is 17.1. The van der Waals surface area contributed by atoms with Gasteiger partial charge in [0.2, 0.25) is 0 Å². The second kappa shape index (κ2) is 7.10. The van der Waals surface area contributed by atoms with E-state index >= 15 is 0 Å². The second-order valence-corrected chi connectivity index (χ2v) is 6.90. The summed E-state index contributed by atoms with van der Waals surface area (Å²) in [5.41, 5.74) is 5.04. The molecule has 1 fully saturated rings. The summed E-state index contributed by atoms with van der Waals surface area (Å²) in [5.74, 6) is 0.382. The van der Waals surface area contributed by atoms with Crippen LogP contribution in [0.5, 0.6) is 0 Å². The van der Waals surface area contributed by atoms with Crippen LogP contribution in [-0.4, -0.2) is 10.4 Å². The number of Topliss-reactive ketones (excluding diaryl/α,β-unsaturated/α-hetero) is 1. The first-order valence-electron chi connectivity index (χ1n) is 9.14. The Morgan fingerprint density at radius 3 is 2.32 bits per heavy atom. The SMILES string of the molecule is O=C1CCCCC1n1cc(Cc2ccccc2)c(-c2ccccc2)c1. The van der Waals surface area contributed by atoms with Crippen LogP contribution >= 0.6 is 0 Å². The molecule has 0 radical (unpaired) electrons. The van der Waals surface area contributed by atoms with Crippen molar-refractivity contribution in [3.63, 3.8) is 0 Å². The van der Waals surface area contributed by atoms with Crippen LogP contribution < -0.4 is 0 Å². The monoisotopic (exact) mass is 329 g/mol. The Morgan fingerprint density at radius 1 is 0.880 bits per heavy atom. The van der Waals surface area contributed by atoms with Gasteiger partial charge in [-0.15, -0.1) is 0 Å². The van der Waals surface area contributed by atoms with Gasteiger partial charge in [0.15, 0.2) is 5.78 Å². The van der Waals surface area contributed by atoms with Crippen LogP contribution in [0.4, 0.5) is 0 Å². The lowest BCUT2D eigenvalue weighted by atomic mass is 9.94. The lowest BCUT2D eigenvalue weighted by Crippen LogP contribution is -2.21. The fraction of sp³-hybridized carbons (Fsp3) is 0.261. The van der Waals surface area contributed by atoms with Crippen molar-refractivity contribution in [1.82, 2.24) is 4.57 Å². The van der Waals surface area contributed by atoms with Crippen LogP contribution in [0.3, 0.4) is 0 Å². The van der Waals surface area contributed by atoms with E-state index in [4.69, 9.17) is 0 Å². The lowest BCUT2D eigenvalue weighted by Gasteiger charge is -2.22. The molecule has 2 nitrogen and oxygen atoms in total. The summed E-state index contributed by atoms with van der Waals surface area (Å²) in [7, 11) is 0. The first kappa shape index (κ1) is 15.9. The third kappa shape index (κ3) is 3.43. The summed E-state index contributed by atoms with van der Waals surface area (Å²) in [4.78, 5) is 12.4. The van der Waals surface area contributed by atoms with E-state index in [-0.39, 0.29) is 6.04 Å². The first-order chi connectivity index (χ1) is 12.3. The molecule has 1 aromatic heterocycles. The van der Waals surface area contributed by atoms with Gasteiger partial charge in [-0.1, -0.05) is 67.1 Å². The molecule has 2 heteroatoms. The molecule has 25 heavy (non-hydrogen) atoms. The predicted molar refractivity (Wildman–Crippen MR) is 102 cm³/mol. The summed E-state index contributed by atoms with van der Waals surface area (Å²) in [5, 5.41) is 0. The quantitative estimate of drug-likeness (QED) is 0.625. The van der Waals surface area contributed by atoms with Crippen LogP contribution in [0.25, 0.3) is 11.1 Å². The number of ketones is 1. The molecular formula is C23H23NO. The minimum Gasteiger partial charge on any atom is -0.343 e. The van der Waals surface area contributed by atoms with Gasteiger partial charge in [-0.25, -0.2) is 0 Å². The molecular weight excluding hydrogens is 306 g/mol. The number of hydrogen-bond acceptors (Lipinski definition) is 1. The van der Waals surface area contributed by atoms with Crippen molar-refractivity contribution in [3.05, 3.63) is 84.2 Å². The van der Waals surface area contributed by atoms with Crippen molar-refractivity contribution < 1.29 is 4.79 Å². The van der Waals surface area contributed by atoms with Gasteiger partial charge in [0.25, 0.3) is 0 Å².